The maximum absolute atomic E-state index is 5.89. The van der Waals surface area contributed by atoms with Crippen molar-refractivity contribution in [3.63, 3.8) is 0 Å². The highest BCUT2D eigenvalue weighted by Crippen LogP contribution is 2.34. The smallest absolute Gasteiger partial charge is 0.173 e. The van der Waals surface area contributed by atoms with Crippen LogP contribution in [0.1, 0.15) is 25.0 Å². The summed E-state index contributed by atoms with van der Waals surface area (Å²) < 4.78 is 6.40. The van der Waals surface area contributed by atoms with Gasteiger partial charge in [0.2, 0.25) is 0 Å². The predicted octanol–water partition coefficient (Wildman–Crippen LogP) is 4.19. The first-order valence-corrected chi connectivity index (χ1v) is 6.79. The van der Waals surface area contributed by atoms with Crippen LogP contribution in [0.15, 0.2) is 27.2 Å². The molecule has 0 aliphatic heterocycles. The topological polar surface area (TPSA) is 52.0 Å². The number of benzene rings is 1. The summed E-state index contributed by atoms with van der Waals surface area (Å²) in [6.45, 7) is 6.36. The van der Waals surface area contributed by atoms with Crippen LogP contribution in [0.5, 0.6) is 0 Å². The third-order valence-electron chi connectivity index (χ3n) is 2.80. The lowest BCUT2D eigenvalue weighted by molar-refractivity contribution is 0.434. The van der Waals surface area contributed by atoms with Crippen molar-refractivity contribution in [2.75, 3.05) is 5.73 Å². The highest BCUT2D eigenvalue weighted by molar-refractivity contribution is 9.10. The van der Waals surface area contributed by atoms with Crippen molar-refractivity contribution in [3.8, 4) is 11.3 Å². The van der Waals surface area contributed by atoms with Gasteiger partial charge in [-0.2, -0.15) is 0 Å². The third kappa shape index (κ3) is 2.58. The molecule has 96 valence electrons. The molecule has 18 heavy (non-hydrogen) atoms. The zero-order valence-corrected chi connectivity index (χ0v) is 12.4. The van der Waals surface area contributed by atoms with Crippen LogP contribution >= 0.6 is 15.9 Å². The van der Waals surface area contributed by atoms with Crippen molar-refractivity contribution < 1.29 is 4.52 Å². The maximum Gasteiger partial charge on any atom is 0.173 e. The van der Waals surface area contributed by atoms with Crippen LogP contribution in [0.3, 0.4) is 0 Å². The van der Waals surface area contributed by atoms with Crippen molar-refractivity contribution >= 4 is 21.7 Å². The Morgan fingerprint density at radius 2 is 2.11 bits per heavy atom. The van der Waals surface area contributed by atoms with Crippen LogP contribution in [0.2, 0.25) is 0 Å². The molecule has 3 nitrogen and oxygen atoms in total. The zero-order valence-electron chi connectivity index (χ0n) is 10.8. The number of hydrogen-bond acceptors (Lipinski definition) is 3. The van der Waals surface area contributed by atoms with Gasteiger partial charge in [-0.05, 0) is 37.0 Å². The van der Waals surface area contributed by atoms with Gasteiger partial charge in [0, 0.05) is 15.6 Å². The summed E-state index contributed by atoms with van der Waals surface area (Å²) in [6, 6.07) is 6.15. The van der Waals surface area contributed by atoms with E-state index in [1.807, 2.05) is 6.07 Å². The van der Waals surface area contributed by atoms with Crippen LogP contribution in [0, 0.1) is 12.8 Å². The van der Waals surface area contributed by atoms with E-state index in [1.165, 1.54) is 5.56 Å². The molecule has 4 heteroatoms. The molecule has 1 heterocycles. The van der Waals surface area contributed by atoms with Gasteiger partial charge in [0.15, 0.2) is 11.6 Å². The molecule has 1 aromatic carbocycles. The van der Waals surface area contributed by atoms with E-state index in [0.29, 0.717) is 11.7 Å². The van der Waals surface area contributed by atoms with Crippen molar-refractivity contribution in [2.45, 2.75) is 27.2 Å². The molecule has 0 atom stereocenters. The fourth-order valence-corrected chi connectivity index (χ4v) is 2.62. The second-order valence-corrected chi connectivity index (χ2v) is 5.81. The Balaban J connectivity index is 2.50. The van der Waals surface area contributed by atoms with Crippen LogP contribution in [0.25, 0.3) is 11.3 Å². The minimum atomic E-state index is 0.492. The lowest BCUT2D eigenvalue weighted by Crippen LogP contribution is -1.99. The monoisotopic (exact) mass is 308 g/mol. The molecule has 0 saturated carbocycles. The summed E-state index contributed by atoms with van der Waals surface area (Å²) >= 11 is 3.56. The van der Waals surface area contributed by atoms with E-state index < -0.39 is 0 Å². The van der Waals surface area contributed by atoms with Crippen molar-refractivity contribution in [1.82, 2.24) is 5.16 Å². The van der Waals surface area contributed by atoms with E-state index >= 15 is 0 Å². The Hall–Kier alpha value is -1.29. The van der Waals surface area contributed by atoms with Gasteiger partial charge in [-0.15, -0.1) is 0 Å². The van der Waals surface area contributed by atoms with Crippen LogP contribution < -0.4 is 5.73 Å². The average Bonchev–Trinajstić information content (AvgIpc) is 2.60. The second-order valence-electron chi connectivity index (χ2n) is 4.96. The molecule has 0 saturated heterocycles. The number of nitrogens with two attached hydrogens (primary N) is 1. The van der Waals surface area contributed by atoms with Gasteiger partial charge in [0.1, 0.15) is 0 Å². The molecule has 1 aromatic heterocycles. The highest BCUT2D eigenvalue weighted by Gasteiger charge is 2.18. The average molecular weight is 309 g/mol. The SMILES string of the molecule is Cc1ccc(-c2onc(N)c2CC(C)C)c(Br)c1. The first kappa shape index (κ1) is 13.1. The first-order chi connectivity index (χ1) is 8.49. The molecule has 0 bridgehead atoms. The van der Waals surface area contributed by atoms with Crippen LogP contribution in [-0.4, -0.2) is 5.16 Å². The molecule has 0 fully saturated rings. The summed E-state index contributed by atoms with van der Waals surface area (Å²) in [7, 11) is 0. The predicted molar refractivity (Wildman–Crippen MR) is 77.3 cm³/mol. The Morgan fingerprint density at radius 1 is 1.39 bits per heavy atom. The summed E-state index contributed by atoms with van der Waals surface area (Å²) in [5.74, 6) is 1.77. The van der Waals surface area contributed by atoms with E-state index in [1.54, 1.807) is 0 Å². The number of rotatable bonds is 3. The van der Waals surface area contributed by atoms with E-state index in [4.69, 9.17) is 10.3 Å². The van der Waals surface area contributed by atoms with E-state index in [2.05, 4.69) is 54.0 Å². The van der Waals surface area contributed by atoms with Crippen LogP contribution in [-0.2, 0) is 6.42 Å². The minimum absolute atomic E-state index is 0.492. The van der Waals surface area contributed by atoms with Crippen molar-refractivity contribution in [2.24, 2.45) is 5.92 Å². The third-order valence-corrected chi connectivity index (χ3v) is 3.46. The Kier molecular flexibility index (Phi) is 3.76. The molecule has 0 spiro atoms. The standard InChI is InChI=1S/C14H17BrN2O/c1-8(2)6-11-13(18-17-14(11)16)10-5-4-9(3)7-12(10)15/h4-5,7-8H,6H2,1-3H3,(H2,16,17). The first-order valence-electron chi connectivity index (χ1n) is 5.99. The highest BCUT2D eigenvalue weighted by atomic mass is 79.9. The molecule has 2 rings (SSSR count). The number of halogens is 1. The summed E-state index contributed by atoms with van der Waals surface area (Å²) in [6.07, 6.45) is 0.866. The molecule has 0 aliphatic rings. The molecule has 2 aromatic rings. The Labute approximate surface area is 115 Å². The summed E-state index contributed by atoms with van der Waals surface area (Å²) in [5, 5.41) is 3.89. The largest absolute Gasteiger partial charge is 0.381 e. The van der Waals surface area contributed by atoms with E-state index in [0.717, 1.165) is 27.8 Å². The van der Waals surface area contributed by atoms with Gasteiger partial charge >= 0.3 is 0 Å². The number of aromatic nitrogens is 1. The molecule has 0 unspecified atom stereocenters. The summed E-state index contributed by atoms with van der Waals surface area (Å²) in [5.41, 5.74) is 9.08. The van der Waals surface area contributed by atoms with E-state index in [9.17, 15) is 0 Å². The quantitative estimate of drug-likeness (QED) is 0.924. The molecule has 2 N–H and O–H groups in total. The molecule has 0 amide bonds. The Morgan fingerprint density at radius 3 is 2.72 bits per heavy atom. The lowest BCUT2D eigenvalue weighted by atomic mass is 9.99. The van der Waals surface area contributed by atoms with Crippen LogP contribution in [0.4, 0.5) is 5.82 Å². The normalized spacial score (nSPS) is 11.2. The Bertz CT molecular complexity index is 561. The molecular formula is C14H17BrN2O. The van der Waals surface area contributed by atoms with Gasteiger partial charge in [-0.3, -0.25) is 0 Å². The molecular weight excluding hydrogens is 292 g/mol. The maximum atomic E-state index is 5.89. The van der Waals surface area contributed by atoms with Crippen molar-refractivity contribution in [1.29, 1.82) is 0 Å². The number of nitrogens with zero attached hydrogens (tertiary/aromatic N) is 1. The van der Waals surface area contributed by atoms with Gasteiger partial charge in [-0.25, -0.2) is 0 Å². The number of nitrogen functional groups attached to an aromatic ring is 1. The number of aryl methyl sites for hydroxylation is 1. The molecule has 0 aliphatic carbocycles. The van der Waals surface area contributed by atoms with Crippen molar-refractivity contribution in [3.05, 3.63) is 33.8 Å². The van der Waals surface area contributed by atoms with Gasteiger partial charge in [0.05, 0.1) is 0 Å². The fourth-order valence-electron chi connectivity index (χ4n) is 1.94. The van der Waals surface area contributed by atoms with Gasteiger partial charge < -0.3 is 10.3 Å². The van der Waals surface area contributed by atoms with Gasteiger partial charge in [0.25, 0.3) is 0 Å². The number of hydrogen-bond donors (Lipinski definition) is 1. The zero-order chi connectivity index (χ0) is 13.3. The van der Waals surface area contributed by atoms with Gasteiger partial charge in [-0.1, -0.05) is 41.0 Å². The lowest BCUT2D eigenvalue weighted by Gasteiger charge is -2.07. The second kappa shape index (κ2) is 5.14. The summed E-state index contributed by atoms with van der Waals surface area (Å²) in [4.78, 5) is 0. The molecule has 0 radical (unpaired) electrons. The van der Waals surface area contributed by atoms with E-state index in [-0.39, 0.29) is 0 Å². The number of anilines is 1. The fraction of sp³-hybridized carbons (Fsp3) is 0.357. The minimum Gasteiger partial charge on any atom is -0.381 e.